The van der Waals surface area contributed by atoms with Crippen molar-refractivity contribution in [3.63, 3.8) is 0 Å². The van der Waals surface area contributed by atoms with E-state index < -0.39 is 0 Å². The second kappa shape index (κ2) is 9.70. The third kappa shape index (κ3) is 5.95. The van der Waals surface area contributed by atoms with Crippen LogP contribution >= 0.6 is 23.8 Å². The van der Waals surface area contributed by atoms with Crippen LogP contribution in [0.25, 0.3) is 0 Å². The number of quaternary nitrogens is 1. The summed E-state index contributed by atoms with van der Waals surface area (Å²) in [5.41, 5.74) is 0.624. The Morgan fingerprint density at radius 3 is 2.84 bits per heavy atom. The number of hydrogen-bond acceptors (Lipinski definition) is 3. The Balaban J connectivity index is 1.87. The molecule has 1 atom stereocenters. The topological polar surface area (TPSA) is 56.3 Å². The Labute approximate surface area is 158 Å². The van der Waals surface area contributed by atoms with Gasteiger partial charge in [0.2, 0.25) is 4.77 Å². The summed E-state index contributed by atoms with van der Waals surface area (Å²) in [6, 6.07) is 7.19. The molecule has 0 aliphatic rings. The van der Waals surface area contributed by atoms with Gasteiger partial charge in [-0.25, -0.2) is 0 Å². The Kier molecular flexibility index (Phi) is 7.61. The lowest BCUT2D eigenvalue weighted by atomic mass is 10.2. The number of nitrogens with one attached hydrogen (secondary N) is 2. The number of aryl methyl sites for hydroxylation is 1. The Hall–Kier alpha value is -1.70. The lowest BCUT2D eigenvalue weighted by Crippen LogP contribution is -3.09. The predicted octanol–water partition coefficient (Wildman–Crippen LogP) is 2.37. The first-order chi connectivity index (χ1) is 12.0. The smallest absolute Gasteiger partial charge is 0.279 e. The van der Waals surface area contributed by atoms with Crippen LogP contribution in [0.2, 0.25) is 5.02 Å². The molecule has 1 heterocycles. The molecule has 1 aromatic carbocycles. The standard InChI is InChI=1S/C17H24ClN5OS/c1-3-4-7-10-22-12-19-23(17(22)25)13-21(2)11-16(24)20-15-9-6-5-8-14(15)18/h5-6,8-9,12H,3-4,7,10-11,13H2,1-2H3,(H,20,24)/p+1. The van der Waals surface area contributed by atoms with E-state index in [9.17, 15) is 4.79 Å². The van der Waals surface area contributed by atoms with Gasteiger partial charge in [-0.15, -0.1) is 0 Å². The monoisotopic (exact) mass is 382 g/mol. The number of nitrogens with zero attached hydrogens (tertiary/aromatic N) is 3. The summed E-state index contributed by atoms with van der Waals surface area (Å²) in [4.78, 5) is 13.2. The van der Waals surface area contributed by atoms with Crippen LogP contribution in [0.5, 0.6) is 0 Å². The largest absolute Gasteiger partial charge is 0.320 e. The van der Waals surface area contributed by atoms with E-state index in [1.54, 1.807) is 23.1 Å². The van der Waals surface area contributed by atoms with Crippen molar-refractivity contribution in [2.75, 3.05) is 18.9 Å². The van der Waals surface area contributed by atoms with E-state index in [-0.39, 0.29) is 5.91 Å². The maximum atomic E-state index is 12.2. The van der Waals surface area contributed by atoms with Crippen molar-refractivity contribution in [3.8, 4) is 0 Å². The molecule has 2 N–H and O–H groups in total. The number of benzene rings is 1. The molecular formula is C17H25ClN5OS+. The van der Waals surface area contributed by atoms with Gasteiger partial charge in [-0.05, 0) is 30.8 Å². The molecule has 2 aromatic rings. The SMILES string of the molecule is CCCCCn1cnn(C[NH+](C)CC(=O)Nc2ccccc2Cl)c1=S. The maximum Gasteiger partial charge on any atom is 0.279 e. The molecule has 0 saturated heterocycles. The number of likely N-dealkylation sites (N-methyl/N-ethyl adjacent to an activating group) is 1. The second-order valence-corrected chi connectivity index (χ2v) is 6.91. The van der Waals surface area contributed by atoms with E-state index >= 15 is 0 Å². The minimum absolute atomic E-state index is 0.0977. The highest BCUT2D eigenvalue weighted by Gasteiger charge is 2.13. The minimum atomic E-state index is -0.0977. The van der Waals surface area contributed by atoms with Crippen molar-refractivity contribution in [2.45, 2.75) is 39.4 Å². The number of hydrogen-bond donors (Lipinski definition) is 2. The molecule has 2 rings (SSSR count). The van der Waals surface area contributed by atoms with Gasteiger partial charge in [0, 0.05) is 6.54 Å². The molecule has 1 unspecified atom stereocenters. The summed E-state index contributed by atoms with van der Waals surface area (Å²) >= 11 is 11.5. The lowest BCUT2D eigenvalue weighted by molar-refractivity contribution is -0.895. The molecule has 0 radical (unpaired) electrons. The van der Waals surface area contributed by atoms with Gasteiger partial charge in [-0.1, -0.05) is 43.5 Å². The van der Waals surface area contributed by atoms with Crippen molar-refractivity contribution in [1.29, 1.82) is 0 Å². The van der Waals surface area contributed by atoms with Gasteiger partial charge in [-0.2, -0.15) is 9.78 Å². The van der Waals surface area contributed by atoms with Crippen molar-refractivity contribution >= 4 is 35.4 Å². The predicted molar refractivity (Wildman–Crippen MR) is 102 cm³/mol. The number of amides is 1. The first kappa shape index (κ1) is 19.6. The highest BCUT2D eigenvalue weighted by Crippen LogP contribution is 2.19. The average Bonchev–Trinajstić information content (AvgIpc) is 2.90. The molecule has 1 aromatic heterocycles. The van der Waals surface area contributed by atoms with Crippen LogP contribution in [0.15, 0.2) is 30.6 Å². The van der Waals surface area contributed by atoms with Crippen LogP contribution in [-0.2, 0) is 18.0 Å². The molecule has 1 amide bonds. The molecular weight excluding hydrogens is 358 g/mol. The normalized spacial score (nSPS) is 12.1. The van der Waals surface area contributed by atoms with Gasteiger partial charge < -0.3 is 14.8 Å². The highest BCUT2D eigenvalue weighted by molar-refractivity contribution is 7.71. The summed E-state index contributed by atoms with van der Waals surface area (Å²) in [6.07, 6.45) is 5.23. The summed E-state index contributed by atoms with van der Waals surface area (Å²) in [5.74, 6) is -0.0977. The third-order valence-electron chi connectivity index (χ3n) is 3.83. The number of halogens is 1. The fourth-order valence-electron chi connectivity index (χ4n) is 2.51. The molecule has 0 aliphatic heterocycles. The van der Waals surface area contributed by atoms with Gasteiger partial charge in [0.15, 0.2) is 13.2 Å². The molecule has 0 bridgehead atoms. The lowest BCUT2D eigenvalue weighted by Gasteiger charge is -2.14. The van der Waals surface area contributed by atoms with E-state index in [0.29, 0.717) is 28.7 Å². The van der Waals surface area contributed by atoms with Crippen LogP contribution in [-0.4, -0.2) is 33.8 Å². The van der Waals surface area contributed by atoms with Crippen molar-refractivity contribution < 1.29 is 9.69 Å². The molecule has 8 heteroatoms. The Bertz CT molecular complexity index is 757. The number of unbranched alkanes of at least 4 members (excludes halogenated alkanes) is 2. The maximum absolute atomic E-state index is 12.2. The zero-order valence-corrected chi connectivity index (χ0v) is 16.2. The van der Waals surface area contributed by atoms with E-state index in [2.05, 4.69) is 17.3 Å². The summed E-state index contributed by atoms with van der Waals surface area (Å²) in [7, 11) is 1.93. The fourth-order valence-corrected chi connectivity index (χ4v) is 2.94. The quantitative estimate of drug-likeness (QED) is 0.517. The van der Waals surface area contributed by atoms with E-state index in [0.717, 1.165) is 17.9 Å². The zero-order valence-electron chi connectivity index (χ0n) is 14.7. The summed E-state index contributed by atoms with van der Waals surface area (Å²) in [5, 5.41) is 7.70. The second-order valence-electron chi connectivity index (χ2n) is 6.13. The molecule has 0 saturated carbocycles. The summed E-state index contributed by atoms with van der Waals surface area (Å²) in [6.45, 7) is 3.90. The van der Waals surface area contributed by atoms with Crippen LogP contribution < -0.4 is 10.2 Å². The van der Waals surface area contributed by atoms with E-state index in [1.807, 2.05) is 23.7 Å². The van der Waals surface area contributed by atoms with Gasteiger partial charge in [-0.3, -0.25) is 4.79 Å². The van der Waals surface area contributed by atoms with Crippen molar-refractivity contribution in [1.82, 2.24) is 14.3 Å². The molecule has 0 aliphatic carbocycles. The molecule has 0 spiro atoms. The minimum Gasteiger partial charge on any atom is -0.320 e. The van der Waals surface area contributed by atoms with E-state index in [1.165, 1.54) is 12.8 Å². The molecule has 0 fully saturated rings. The molecule has 25 heavy (non-hydrogen) atoms. The first-order valence-electron chi connectivity index (χ1n) is 8.49. The van der Waals surface area contributed by atoms with Gasteiger partial charge in [0.25, 0.3) is 5.91 Å². The number of para-hydroxylation sites is 1. The average molecular weight is 383 g/mol. The van der Waals surface area contributed by atoms with Crippen LogP contribution in [0.4, 0.5) is 5.69 Å². The number of aromatic nitrogens is 3. The number of rotatable bonds is 9. The van der Waals surface area contributed by atoms with Crippen molar-refractivity contribution in [2.24, 2.45) is 0 Å². The van der Waals surface area contributed by atoms with Crippen LogP contribution in [0.3, 0.4) is 0 Å². The Morgan fingerprint density at radius 2 is 2.12 bits per heavy atom. The number of carbonyl (C=O) groups is 1. The van der Waals surface area contributed by atoms with Crippen molar-refractivity contribution in [3.05, 3.63) is 40.4 Å². The van der Waals surface area contributed by atoms with Crippen LogP contribution in [0.1, 0.15) is 26.2 Å². The first-order valence-corrected chi connectivity index (χ1v) is 9.27. The van der Waals surface area contributed by atoms with Gasteiger partial charge in [0.1, 0.15) is 6.33 Å². The summed E-state index contributed by atoms with van der Waals surface area (Å²) < 4.78 is 4.45. The molecule has 136 valence electrons. The Morgan fingerprint density at radius 1 is 1.36 bits per heavy atom. The number of carbonyl (C=O) groups excluding carboxylic acids is 1. The van der Waals surface area contributed by atoms with Gasteiger partial charge in [0.05, 0.1) is 17.8 Å². The zero-order chi connectivity index (χ0) is 18.2. The van der Waals surface area contributed by atoms with E-state index in [4.69, 9.17) is 23.8 Å². The number of anilines is 1. The van der Waals surface area contributed by atoms with Gasteiger partial charge >= 0.3 is 0 Å². The fraction of sp³-hybridized carbons (Fsp3) is 0.471. The van der Waals surface area contributed by atoms with Crippen LogP contribution in [0, 0.1) is 4.77 Å². The third-order valence-corrected chi connectivity index (χ3v) is 4.60. The highest BCUT2D eigenvalue weighted by atomic mass is 35.5. The molecule has 6 nitrogen and oxygen atoms in total.